The van der Waals surface area contributed by atoms with Crippen LogP contribution in [0.5, 0.6) is 5.75 Å². The Hall–Kier alpha value is -2.05. The van der Waals surface area contributed by atoms with Gasteiger partial charge in [0.2, 0.25) is 0 Å². The fraction of sp³-hybridized carbons (Fsp3) is 0.391. The molecule has 0 radical (unpaired) electrons. The van der Waals surface area contributed by atoms with Gasteiger partial charge in [-0.1, -0.05) is 23.2 Å². The van der Waals surface area contributed by atoms with Crippen molar-refractivity contribution < 1.29 is 27.5 Å². The van der Waals surface area contributed by atoms with Crippen LogP contribution in [0, 0.1) is 28.3 Å². The highest BCUT2D eigenvalue weighted by Crippen LogP contribution is 2.75. The van der Waals surface area contributed by atoms with E-state index in [1.807, 2.05) is 0 Å². The number of ether oxygens (including phenoxy) is 1. The summed E-state index contributed by atoms with van der Waals surface area (Å²) in [6.45, 7) is -0.182. The molecule has 3 fully saturated rings. The summed E-state index contributed by atoms with van der Waals surface area (Å²) in [6, 6.07) is 6.03. The molecule has 0 atom stereocenters. The monoisotopic (exact) mass is 470 g/mol. The predicted octanol–water partition coefficient (Wildman–Crippen LogP) is 6.12. The van der Waals surface area contributed by atoms with Crippen LogP contribution in [0.15, 0.2) is 30.3 Å². The predicted molar refractivity (Wildman–Crippen MR) is 110 cm³/mol. The lowest BCUT2D eigenvalue weighted by Gasteiger charge is -2.70. The van der Waals surface area contributed by atoms with Crippen molar-refractivity contribution in [2.45, 2.75) is 38.5 Å². The van der Waals surface area contributed by atoms with Gasteiger partial charge in [-0.3, -0.25) is 9.59 Å². The molecule has 0 N–H and O–H groups in total. The smallest absolute Gasteiger partial charge is 0.170 e. The van der Waals surface area contributed by atoms with Gasteiger partial charge < -0.3 is 4.74 Å². The normalized spacial score (nSPS) is 23.6. The van der Waals surface area contributed by atoms with Crippen LogP contribution < -0.4 is 4.74 Å². The Morgan fingerprint density at radius 3 is 2.23 bits per heavy atom. The van der Waals surface area contributed by atoms with Crippen LogP contribution >= 0.6 is 23.2 Å². The maximum absolute atomic E-state index is 13.9. The van der Waals surface area contributed by atoms with Gasteiger partial charge in [0, 0.05) is 34.9 Å². The van der Waals surface area contributed by atoms with Crippen molar-refractivity contribution in [2.75, 3.05) is 6.61 Å². The third-order valence-electron chi connectivity index (χ3n) is 6.30. The van der Waals surface area contributed by atoms with Crippen molar-refractivity contribution in [3.8, 4) is 5.75 Å². The number of benzene rings is 2. The zero-order chi connectivity index (χ0) is 22.4. The van der Waals surface area contributed by atoms with E-state index in [1.165, 1.54) is 12.1 Å². The fourth-order valence-electron chi connectivity index (χ4n) is 5.00. The van der Waals surface area contributed by atoms with Gasteiger partial charge in [-0.15, -0.1) is 0 Å². The highest BCUT2D eigenvalue weighted by molar-refractivity contribution is 6.31. The zero-order valence-electron chi connectivity index (χ0n) is 16.5. The van der Waals surface area contributed by atoms with E-state index < -0.39 is 22.9 Å². The van der Waals surface area contributed by atoms with E-state index in [2.05, 4.69) is 0 Å². The second-order valence-electron chi connectivity index (χ2n) is 8.66. The van der Waals surface area contributed by atoms with Gasteiger partial charge in [0.15, 0.2) is 5.78 Å². The van der Waals surface area contributed by atoms with Gasteiger partial charge in [0.05, 0.1) is 5.02 Å². The average molecular weight is 471 g/mol. The summed E-state index contributed by atoms with van der Waals surface area (Å²) in [5.41, 5.74) is -0.803. The fourth-order valence-corrected chi connectivity index (χ4v) is 5.30. The Labute approximate surface area is 187 Å². The average Bonchev–Trinajstić information content (AvgIpc) is 2.63. The highest BCUT2D eigenvalue weighted by atomic mass is 35.5. The van der Waals surface area contributed by atoms with Gasteiger partial charge in [-0.05, 0) is 55.4 Å². The third kappa shape index (κ3) is 4.33. The first-order valence-electron chi connectivity index (χ1n) is 9.88. The number of hydrogen-bond donors (Lipinski definition) is 0. The Morgan fingerprint density at radius 1 is 0.968 bits per heavy atom. The Morgan fingerprint density at radius 2 is 1.61 bits per heavy atom. The van der Waals surface area contributed by atoms with Crippen molar-refractivity contribution in [2.24, 2.45) is 10.8 Å². The molecule has 164 valence electrons. The molecular weight excluding hydrogens is 452 g/mol. The topological polar surface area (TPSA) is 43.4 Å². The molecule has 3 nitrogen and oxygen atoms in total. The van der Waals surface area contributed by atoms with Crippen LogP contribution in [0.3, 0.4) is 0 Å². The van der Waals surface area contributed by atoms with Crippen LogP contribution in [-0.2, 0) is 16.0 Å². The minimum Gasteiger partial charge on any atom is -0.486 e. The second kappa shape index (κ2) is 8.14. The molecule has 2 aromatic carbocycles. The lowest BCUT2D eigenvalue weighted by atomic mass is 9.33. The molecule has 0 amide bonds. The van der Waals surface area contributed by atoms with Crippen molar-refractivity contribution in [1.29, 1.82) is 0 Å². The highest BCUT2D eigenvalue weighted by Gasteiger charge is 2.70. The van der Waals surface area contributed by atoms with Crippen molar-refractivity contribution in [3.63, 3.8) is 0 Å². The third-order valence-corrected chi connectivity index (χ3v) is 6.83. The lowest BCUT2D eigenvalue weighted by Crippen LogP contribution is -2.66. The van der Waals surface area contributed by atoms with E-state index in [9.17, 15) is 22.8 Å². The summed E-state index contributed by atoms with van der Waals surface area (Å²) in [4.78, 5) is 24.9. The molecule has 3 aliphatic carbocycles. The quantitative estimate of drug-likeness (QED) is 0.443. The van der Waals surface area contributed by atoms with Crippen molar-refractivity contribution >= 4 is 34.8 Å². The molecule has 5 rings (SSSR count). The van der Waals surface area contributed by atoms with E-state index in [1.54, 1.807) is 0 Å². The van der Waals surface area contributed by atoms with E-state index >= 15 is 0 Å². The number of carbonyl (C=O) groups is 2. The molecule has 31 heavy (non-hydrogen) atoms. The van der Waals surface area contributed by atoms with Crippen LogP contribution in [0.1, 0.15) is 37.7 Å². The van der Waals surface area contributed by atoms with Gasteiger partial charge in [0.25, 0.3) is 0 Å². The molecular formula is C23H19Cl2F3O3. The van der Waals surface area contributed by atoms with Crippen molar-refractivity contribution in [1.82, 2.24) is 0 Å². The Balaban J connectivity index is 1.24. The van der Waals surface area contributed by atoms with E-state index in [-0.39, 0.29) is 57.8 Å². The van der Waals surface area contributed by atoms with Gasteiger partial charge in [0.1, 0.15) is 35.6 Å². The summed E-state index contributed by atoms with van der Waals surface area (Å²) in [7, 11) is 0. The number of hydrogen-bond acceptors (Lipinski definition) is 3. The number of rotatable bonds is 9. The van der Waals surface area contributed by atoms with Crippen molar-refractivity contribution in [3.05, 3.63) is 63.4 Å². The Kier molecular flexibility index (Phi) is 5.81. The largest absolute Gasteiger partial charge is 0.486 e. The summed E-state index contributed by atoms with van der Waals surface area (Å²) in [6.07, 6.45) is 2.12. The molecule has 3 saturated carbocycles. The molecule has 0 spiro atoms. The number of halogens is 5. The molecule has 8 heteroatoms. The van der Waals surface area contributed by atoms with E-state index in [0.717, 1.165) is 18.2 Å². The number of Topliss-reactive ketones (excluding diaryl/α,β-unsaturated/α-hetero) is 2. The van der Waals surface area contributed by atoms with Crippen LogP contribution in [0.25, 0.3) is 0 Å². The maximum atomic E-state index is 13.9. The van der Waals surface area contributed by atoms with Gasteiger partial charge in [-0.2, -0.15) is 0 Å². The SMILES string of the molecule is O=C(COc1ccc(Cl)c(F)c1)CC12CC(C(=O)CCc3c(F)cc(Cl)cc3F)(C1)C2. The van der Waals surface area contributed by atoms with Gasteiger partial charge in [-0.25, -0.2) is 13.2 Å². The van der Waals surface area contributed by atoms with Gasteiger partial charge >= 0.3 is 0 Å². The summed E-state index contributed by atoms with van der Waals surface area (Å²) < 4.78 is 46.5. The first kappa shape index (κ1) is 22.2. The minimum absolute atomic E-state index is 0.0210. The standard InChI is InChI=1S/C23H19Cl2F3O3/c24-13-5-18(26)16(19(27)6-13)2-4-21(30)23-10-22(11-23,12-23)8-14(29)9-31-15-1-3-17(25)20(28)7-15/h1,3,5-7H,2,4,8-12H2. The summed E-state index contributed by atoms with van der Waals surface area (Å²) in [5, 5.41) is -0.0506. The molecule has 0 aromatic heterocycles. The summed E-state index contributed by atoms with van der Waals surface area (Å²) >= 11 is 11.2. The Bertz CT molecular complexity index is 1030. The minimum atomic E-state index is -0.752. The van der Waals surface area contributed by atoms with E-state index in [0.29, 0.717) is 25.7 Å². The molecule has 0 aliphatic heterocycles. The summed E-state index contributed by atoms with van der Waals surface area (Å²) in [5.74, 6) is -2.05. The zero-order valence-corrected chi connectivity index (χ0v) is 18.0. The first-order chi connectivity index (χ1) is 14.6. The molecule has 2 bridgehead atoms. The maximum Gasteiger partial charge on any atom is 0.170 e. The second-order valence-corrected chi connectivity index (χ2v) is 9.51. The lowest BCUT2D eigenvalue weighted by molar-refractivity contribution is -0.208. The van der Waals surface area contributed by atoms with Crippen LogP contribution in [0.2, 0.25) is 10.0 Å². The molecule has 0 saturated heterocycles. The van der Waals surface area contributed by atoms with Crippen LogP contribution in [0.4, 0.5) is 13.2 Å². The molecule has 2 aromatic rings. The number of carbonyl (C=O) groups excluding carboxylic acids is 2. The van der Waals surface area contributed by atoms with Crippen LogP contribution in [-0.4, -0.2) is 18.2 Å². The molecule has 0 unspecified atom stereocenters. The number of ketones is 2. The molecule has 0 heterocycles. The molecule has 3 aliphatic rings. The first-order valence-corrected chi connectivity index (χ1v) is 10.6. The van der Waals surface area contributed by atoms with E-state index in [4.69, 9.17) is 27.9 Å².